The molecule has 8 heteroatoms. The second-order valence-electron chi connectivity index (χ2n) is 4.45. The van der Waals surface area contributed by atoms with Crippen LogP contribution < -0.4 is 15.8 Å². The van der Waals surface area contributed by atoms with E-state index in [9.17, 15) is 4.79 Å². The summed E-state index contributed by atoms with van der Waals surface area (Å²) >= 11 is 0. The molecular weight excluding hydrogens is 238 g/mol. The molecule has 1 rings (SSSR count). The number of hydrogen-bond acceptors (Lipinski definition) is 7. The minimum absolute atomic E-state index is 0.0304. The van der Waals surface area contributed by atoms with Gasteiger partial charge in [-0.15, -0.1) is 0 Å². The van der Waals surface area contributed by atoms with Crippen LogP contribution in [0.2, 0.25) is 0 Å². The molecule has 0 saturated heterocycles. The van der Waals surface area contributed by atoms with Crippen LogP contribution in [0.4, 0.5) is 10.7 Å². The van der Waals surface area contributed by atoms with Crippen LogP contribution in [-0.2, 0) is 11.3 Å². The summed E-state index contributed by atoms with van der Waals surface area (Å²) in [5.41, 5.74) is 4.90. The van der Waals surface area contributed by atoms with E-state index in [1.54, 1.807) is 20.8 Å². The lowest BCUT2D eigenvalue weighted by Gasteiger charge is -2.19. The van der Waals surface area contributed by atoms with E-state index < -0.39 is 11.7 Å². The summed E-state index contributed by atoms with van der Waals surface area (Å²) in [6.45, 7) is 5.40. The van der Waals surface area contributed by atoms with Gasteiger partial charge in [0.2, 0.25) is 5.95 Å². The molecule has 0 atom stereocenters. The lowest BCUT2D eigenvalue weighted by molar-refractivity contribution is 0.0522. The number of nitrogens with one attached hydrogen (secondary N) is 1. The largest absolute Gasteiger partial charge is 0.467 e. The van der Waals surface area contributed by atoms with E-state index in [0.29, 0.717) is 5.82 Å². The normalized spacial score (nSPS) is 10.9. The summed E-state index contributed by atoms with van der Waals surface area (Å²) in [5.74, 6) is 0.327. The van der Waals surface area contributed by atoms with E-state index in [1.807, 2.05) is 0 Å². The number of anilines is 1. The molecule has 0 aliphatic carbocycles. The number of rotatable bonds is 3. The highest BCUT2D eigenvalue weighted by Gasteiger charge is 2.16. The van der Waals surface area contributed by atoms with E-state index in [-0.39, 0.29) is 18.5 Å². The van der Waals surface area contributed by atoms with Crippen LogP contribution in [0.15, 0.2) is 0 Å². The molecule has 3 N–H and O–H groups in total. The van der Waals surface area contributed by atoms with Crippen molar-refractivity contribution >= 4 is 12.0 Å². The SMILES string of the molecule is COc1nc(N)nc(CNC(=O)OC(C)(C)C)n1. The zero-order valence-electron chi connectivity index (χ0n) is 10.9. The molecule has 0 radical (unpaired) electrons. The Labute approximate surface area is 105 Å². The molecule has 0 unspecified atom stereocenters. The van der Waals surface area contributed by atoms with Gasteiger partial charge in [0.25, 0.3) is 0 Å². The highest BCUT2D eigenvalue weighted by Crippen LogP contribution is 2.07. The first-order valence-corrected chi connectivity index (χ1v) is 5.31. The van der Waals surface area contributed by atoms with Gasteiger partial charge in [0, 0.05) is 0 Å². The molecule has 0 aromatic carbocycles. The third-order valence-corrected chi connectivity index (χ3v) is 1.65. The second kappa shape index (κ2) is 5.48. The number of aromatic nitrogens is 3. The van der Waals surface area contributed by atoms with Gasteiger partial charge in [0.05, 0.1) is 13.7 Å². The number of nitrogen functional groups attached to an aromatic ring is 1. The highest BCUT2D eigenvalue weighted by atomic mass is 16.6. The molecule has 0 bridgehead atoms. The Morgan fingerprint density at radius 3 is 2.56 bits per heavy atom. The number of ether oxygens (including phenoxy) is 2. The molecule has 0 spiro atoms. The van der Waals surface area contributed by atoms with Crippen LogP contribution in [-0.4, -0.2) is 33.8 Å². The third-order valence-electron chi connectivity index (χ3n) is 1.65. The van der Waals surface area contributed by atoms with Crippen molar-refractivity contribution in [3.8, 4) is 6.01 Å². The van der Waals surface area contributed by atoms with Gasteiger partial charge in [0.1, 0.15) is 5.60 Å². The number of nitrogens with zero attached hydrogens (tertiary/aromatic N) is 3. The number of carbonyl (C=O) groups is 1. The molecule has 8 nitrogen and oxygen atoms in total. The summed E-state index contributed by atoms with van der Waals surface area (Å²) < 4.78 is 9.90. The maximum absolute atomic E-state index is 11.4. The Kier molecular flexibility index (Phi) is 4.24. The Bertz CT molecular complexity index is 430. The van der Waals surface area contributed by atoms with Crippen LogP contribution in [0.1, 0.15) is 26.6 Å². The quantitative estimate of drug-likeness (QED) is 0.808. The Hall–Kier alpha value is -2.12. The number of amides is 1. The number of nitrogens with two attached hydrogens (primary N) is 1. The van der Waals surface area contributed by atoms with Gasteiger partial charge in [0.15, 0.2) is 5.82 Å². The minimum atomic E-state index is -0.556. The third kappa shape index (κ3) is 4.81. The van der Waals surface area contributed by atoms with Gasteiger partial charge in [-0.05, 0) is 20.8 Å². The summed E-state index contributed by atoms with van der Waals surface area (Å²) in [4.78, 5) is 22.9. The topological polar surface area (TPSA) is 112 Å². The lowest BCUT2D eigenvalue weighted by Crippen LogP contribution is -2.32. The van der Waals surface area contributed by atoms with Gasteiger partial charge in [-0.3, -0.25) is 0 Å². The van der Waals surface area contributed by atoms with Gasteiger partial charge < -0.3 is 20.5 Å². The molecule has 1 aromatic rings. The van der Waals surface area contributed by atoms with E-state index in [0.717, 1.165) is 0 Å². The van der Waals surface area contributed by atoms with Crippen molar-refractivity contribution in [3.63, 3.8) is 0 Å². The van der Waals surface area contributed by atoms with Crippen molar-refractivity contribution in [1.82, 2.24) is 20.3 Å². The Morgan fingerprint density at radius 2 is 2.00 bits per heavy atom. The number of methoxy groups -OCH3 is 1. The molecule has 0 saturated carbocycles. The smallest absolute Gasteiger partial charge is 0.408 e. The second-order valence-corrected chi connectivity index (χ2v) is 4.45. The molecule has 18 heavy (non-hydrogen) atoms. The summed E-state index contributed by atoms with van der Waals surface area (Å²) in [5, 5.41) is 2.51. The first kappa shape index (κ1) is 13.9. The molecule has 100 valence electrons. The maximum atomic E-state index is 11.4. The molecule has 1 heterocycles. The van der Waals surface area contributed by atoms with Crippen molar-refractivity contribution in [2.75, 3.05) is 12.8 Å². The Morgan fingerprint density at radius 1 is 1.33 bits per heavy atom. The van der Waals surface area contributed by atoms with Crippen molar-refractivity contribution < 1.29 is 14.3 Å². The molecule has 1 amide bonds. The summed E-state index contributed by atoms with van der Waals surface area (Å²) in [6.07, 6.45) is -0.555. The van der Waals surface area contributed by atoms with Crippen LogP contribution >= 0.6 is 0 Å². The minimum Gasteiger partial charge on any atom is -0.467 e. The van der Waals surface area contributed by atoms with Crippen LogP contribution in [0.3, 0.4) is 0 Å². The number of alkyl carbamates (subject to hydrolysis) is 1. The van der Waals surface area contributed by atoms with Gasteiger partial charge in [-0.25, -0.2) is 4.79 Å². The fourth-order valence-electron chi connectivity index (χ4n) is 1.05. The Balaban J connectivity index is 2.58. The monoisotopic (exact) mass is 255 g/mol. The van der Waals surface area contributed by atoms with Crippen LogP contribution in [0.25, 0.3) is 0 Å². The summed E-state index contributed by atoms with van der Waals surface area (Å²) in [6, 6.07) is 0.100. The van der Waals surface area contributed by atoms with E-state index in [2.05, 4.69) is 20.3 Å². The predicted molar refractivity (Wildman–Crippen MR) is 63.9 cm³/mol. The van der Waals surface area contributed by atoms with Gasteiger partial charge >= 0.3 is 12.1 Å². The summed E-state index contributed by atoms with van der Waals surface area (Å²) in [7, 11) is 1.42. The van der Waals surface area contributed by atoms with Gasteiger partial charge in [-0.2, -0.15) is 15.0 Å². The van der Waals surface area contributed by atoms with Crippen LogP contribution in [0, 0.1) is 0 Å². The predicted octanol–water partition coefficient (Wildman–Crippen LogP) is 0.487. The van der Waals surface area contributed by atoms with Crippen molar-refractivity contribution in [1.29, 1.82) is 0 Å². The lowest BCUT2D eigenvalue weighted by atomic mass is 10.2. The standard InChI is InChI=1S/C10H17N5O3/c1-10(2,3)18-9(16)12-5-6-13-7(11)15-8(14-6)17-4/h5H2,1-4H3,(H,12,16)(H2,11,13,14,15). The first-order chi connectivity index (χ1) is 8.30. The number of carbonyl (C=O) groups excluding carboxylic acids is 1. The highest BCUT2D eigenvalue weighted by molar-refractivity contribution is 5.67. The molecule has 0 aliphatic rings. The fraction of sp³-hybridized carbons (Fsp3) is 0.600. The zero-order chi connectivity index (χ0) is 13.8. The van der Waals surface area contributed by atoms with E-state index in [1.165, 1.54) is 7.11 Å². The average Bonchev–Trinajstić information content (AvgIpc) is 2.23. The first-order valence-electron chi connectivity index (χ1n) is 5.31. The van der Waals surface area contributed by atoms with Crippen molar-refractivity contribution in [2.45, 2.75) is 32.9 Å². The van der Waals surface area contributed by atoms with Crippen LogP contribution in [0.5, 0.6) is 6.01 Å². The molecule has 0 aliphatic heterocycles. The fourth-order valence-corrected chi connectivity index (χ4v) is 1.05. The number of hydrogen-bond donors (Lipinski definition) is 2. The van der Waals surface area contributed by atoms with Crippen molar-refractivity contribution in [2.24, 2.45) is 0 Å². The molecular formula is C10H17N5O3. The molecule has 1 aromatic heterocycles. The average molecular weight is 255 g/mol. The van der Waals surface area contributed by atoms with E-state index >= 15 is 0 Å². The van der Waals surface area contributed by atoms with Gasteiger partial charge in [-0.1, -0.05) is 0 Å². The zero-order valence-corrected chi connectivity index (χ0v) is 10.9. The maximum Gasteiger partial charge on any atom is 0.408 e. The van der Waals surface area contributed by atoms with E-state index in [4.69, 9.17) is 15.2 Å². The molecule has 0 fully saturated rings. The van der Waals surface area contributed by atoms with Crippen molar-refractivity contribution in [3.05, 3.63) is 5.82 Å².